The number of ether oxygens (including phenoxy) is 11. The summed E-state index contributed by atoms with van der Waals surface area (Å²) >= 11 is 0. The van der Waals surface area contributed by atoms with E-state index in [-0.39, 0.29) is 19.2 Å². The number of nitrogens with one attached hydrogen (secondary N) is 1. The highest BCUT2D eigenvalue weighted by molar-refractivity contribution is 5.69. The van der Waals surface area contributed by atoms with Crippen molar-refractivity contribution >= 4 is 12.1 Å². The SMILES string of the molecule is CCCCCCCCCCCCCCCCCC(=O)OCCOCCOCCOCCOCCOCCOCCOCCOCCOCCNC(=O)OCc1ccccc1. The molecule has 0 aliphatic rings. The lowest BCUT2D eigenvalue weighted by molar-refractivity contribution is -0.145. The molecule has 1 rings (SSSR count). The average molecular weight is 858 g/mol. The van der Waals surface area contributed by atoms with Gasteiger partial charge in [-0.2, -0.15) is 0 Å². The summed E-state index contributed by atoms with van der Waals surface area (Å²) in [7, 11) is 0. The lowest BCUT2D eigenvalue weighted by atomic mass is 10.0. The van der Waals surface area contributed by atoms with E-state index in [4.69, 9.17) is 52.1 Å². The average Bonchev–Trinajstić information content (AvgIpc) is 3.26. The van der Waals surface area contributed by atoms with E-state index in [1.54, 1.807) is 0 Å². The number of hydrogen-bond acceptors (Lipinski definition) is 13. The number of rotatable bonds is 48. The van der Waals surface area contributed by atoms with Gasteiger partial charge in [0, 0.05) is 13.0 Å². The second kappa shape index (κ2) is 47.6. The van der Waals surface area contributed by atoms with E-state index in [1.165, 1.54) is 83.5 Å². The summed E-state index contributed by atoms with van der Waals surface area (Å²) in [6.07, 6.45) is 19.7. The molecule has 0 saturated carbocycles. The van der Waals surface area contributed by atoms with Gasteiger partial charge in [-0.1, -0.05) is 127 Å². The molecular formula is C46H83NO13. The van der Waals surface area contributed by atoms with Crippen LogP contribution in [-0.4, -0.2) is 144 Å². The third-order valence-electron chi connectivity index (χ3n) is 9.18. The van der Waals surface area contributed by atoms with Gasteiger partial charge in [0.1, 0.15) is 13.2 Å². The van der Waals surface area contributed by atoms with Gasteiger partial charge in [-0.25, -0.2) is 4.79 Å². The molecule has 0 aliphatic carbocycles. The van der Waals surface area contributed by atoms with Crippen LogP contribution in [-0.2, 0) is 63.5 Å². The van der Waals surface area contributed by atoms with Crippen LogP contribution < -0.4 is 5.32 Å². The Balaban J connectivity index is 1.64. The maximum Gasteiger partial charge on any atom is 0.407 e. The molecule has 0 saturated heterocycles. The fourth-order valence-electron chi connectivity index (χ4n) is 5.79. The summed E-state index contributed by atoms with van der Waals surface area (Å²) in [5, 5.41) is 2.65. The number of esters is 1. The molecule has 0 fully saturated rings. The summed E-state index contributed by atoms with van der Waals surface area (Å²) in [6, 6.07) is 9.51. The highest BCUT2D eigenvalue weighted by atomic mass is 16.6. The highest BCUT2D eigenvalue weighted by Gasteiger charge is 2.04. The van der Waals surface area contributed by atoms with E-state index in [9.17, 15) is 9.59 Å². The van der Waals surface area contributed by atoms with Gasteiger partial charge < -0.3 is 57.4 Å². The predicted molar refractivity (Wildman–Crippen MR) is 233 cm³/mol. The highest BCUT2D eigenvalue weighted by Crippen LogP contribution is 2.14. The molecular weight excluding hydrogens is 774 g/mol. The third-order valence-corrected chi connectivity index (χ3v) is 9.18. The zero-order valence-corrected chi connectivity index (χ0v) is 37.4. The first-order chi connectivity index (χ1) is 29.7. The van der Waals surface area contributed by atoms with Gasteiger partial charge >= 0.3 is 12.1 Å². The molecule has 0 unspecified atom stereocenters. The third kappa shape index (κ3) is 43.7. The quantitative estimate of drug-likeness (QED) is 0.0501. The van der Waals surface area contributed by atoms with Gasteiger partial charge in [0.25, 0.3) is 0 Å². The molecule has 1 aromatic carbocycles. The molecule has 14 nitrogen and oxygen atoms in total. The fraction of sp³-hybridized carbons (Fsp3) is 0.826. The summed E-state index contributed by atoms with van der Waals surface area (Å²) in [6.45, 7) is 11.5. The standard InChI is InChI=1S/C46H83NO13/c1-2-3-4-5-6-7-8-9-10-11-12-13-14-15-19-22-45(48)59-42-41-58-40-39-57-38-37-56-36-35-55-34-33-54-32-31-53-30-29-52-28-27-51-26-25-50-24-23-47-46(49)60-43-44-20-17-16-18-21-44/h16-18,20-21H,2-15,19,22-43H2,1H3,(H,47,49). The van der Waals surface area contributed by atoms with Crippen LogP contribution in [0.15, 0.2) is 30.3 Å². The zero-order chi connectivity index (χ0) is 42.9. The number of benzene rings is 1. The monoisotopic (exact) mass is 858 g/mol. The van der Waals surface area contributed by atoms with Crippen LogP contribution in [0.3, 0.4) is 0 Å². The summed E-state index contributed by atoms with van der Waals surface area (Å²) in [5.74, 6) is -0.135. The van der Waals surface area contributed by atoms with Crippen molar-refractivity contribution < 1.29 is 61.7 Å². The number of carbonyl (C=O) groups excluding carboxylic acids is 2. The van der Waals surface area contributed by atoms with Crippen molar-refractivity contribution in [2.75, 3.05) is 132 Å². The predicted octanol–water partition coefficient (Wildman–Crippen LogP) is 7.87. The lowest BCUT2D eigenvalue weighted by Gasteiger charge is -2.09. The molecule has 0 heterocycles. The molecule has 0 bridgehead atoms. The molecule has 14 heteroatoms. The molecule has 0 spiro atoms. The minimum Gasteiger partial charge on any atom is -0.463 e. The van der Waals surface area contributed by atoms with Crippen LogP contribution in [0.2, 0.25) is 0 Å². The number of hydrogen-bond donors (Lipinski definition) is 1. The summed E-state index contributed by atoms with van der Waals surface area (Å²) < 4.78 is 59.8. The van der Waals surface area contributed by atoms with Crippen molar-refractivity contribution in [3.05, 3.63) is 35.9 Å². The molecule has 60 heavy (non-hydrogen) atoms. The van der Waals surface area contributed by atoms with E-state index in [1.807, 2.05) is 30.3 Å². The van der Waals surface area contributed by atoms with Crippen LogP contribution in [0.4, 0.5) is 4.79 Å². The minimum absolute atomic E-state index is 0.135. The van der Waals surface area contributed by atoms with E-state index < -0.39 is 6.09 Å². The fourth-order valence-corrected chi connectivity index (χ4v) is 5.79. The molecule has 0 aliphatic heterocycles. The van der Waals surface area contributed by atoms with Gasteiger partial charge in [-0.3, -0.25) is 4.79 Å². The topological polar surface area (TPSA) is 148 Å². The number of amides is 1. The minimum atomic E-state index is -0.470. The summed E-state index contributed by atoms with van der Waals surface area (Å²) in [4.78, 5) is 23.6. The Bertz CT molecular complexity index is 1020. The molecule has 0 aromatic heterocycles. The Morgan fingerprint density at radius 3 is 1.12 bits per heavy atom. The van der Waals surface area contributed by atoms with Crippen molar-refractivity contribution in [1.29, 1.82) is 0 Å². The second-order valence-corrected chi connectivity index (χ2v) is 14.4. The molecule has 1 N–H and O–H groups in total. The Kier molecular flexibility index (Phi) is 44.2. The van der Waals surface area contributed by atoms with E-state index >= 15 is 0 Å². The first-order valence-electron chi connectivity index (χ1n) is 23.0. The van der Waals surface area contributed by atoms with Crippen LogP contribution in [0.5, 0.6) is 0 Å². The second-order valence-electron chi connectivity index (χ2n) is 14.4. The number of alkyl carbamates (subject to hydrolysis) is 1. The van der Waals surface area contributed by atoms with Gasteiger partial charge in [-0.15, -0.1) is 0 Å². The van der Waals surface area contributed by atoms with Crippen LogP contribution in [0.25, 0.3) is 0 Å². The Morgan fingerprint density at radius 1 is 0.400 bits per heavy atom. The Morgan fingerprint density at radius 2 is 0.733 bits per heavy atom. The van der Waals surface area contributed by atoms with E-state index in [2.05, 4.69) is 12.2 Å². The molecule has 1 aromatic rings. The maximum absolute atomic E-state index is 11.9. The number of carbonyl (C=O) groups is 2. The smallest absolute Gasteiger partial charge is 0.407 e. The Labute approximate surface area is 362 Å². The van der Waals surface area contributed by atoms with Gasteiger partial charge in [0.2, 0.25) is 0 Å². The van der Waals surface area contributed by atoms with Crippen molar-refractivity contribution in [2.24, 2.45) is 0 Å². The van der Waals surface area contributed by atoms with Crippen LogP contribution in [0, 0.1) is 0 Å². The molecule has 1 amide bonds. The molecule has 0 radical (unpaired) electrons. The van der Waals surface area contributed by atoms with Crippen molar-refractivity contribution in [3.63, 3.8) is 0 Å². The van der Waals surface area contributed by atoms with Crippen LogP contribution in [0.1, 0.15) is 115 Å². The normalized spacial score (nSPS) is 11.3. The van der Waals surface area contributed by atoms with E-state index in [0.717, 1.165) is 18.4 Å². The van der Waals surface area contributed by atoms with Gasteiger partial charge in [0.05, 0.1) is 119 Å². The maximum atomic E-state index is 11.9. The molecule has 0 atom stereocenters. The van der Waals surface area contributed by atoms with Crippen LogP contribution >= 0.6 is 0 Å². The number of unbranched alkanes of at least 4 members (excludes halogenated alkanes) is 14. The Hall–Kier alpha value is -2.40. The van der Waals surface area contributed by atoms with E-state index in [0.29, 0.717) is 132 Å². The van der Waals surface area contributed by atoms with Crippen molar-refractivity contribution in [1.82, 2.24) is 5.32 Å². The molecule has 350 valence electrons. The largest absolute Gasteiger partial charge is 0.463 e. The lowest BCUT2D eigenvalue weighted by Crippen LogP contribution is -2.28. The first kappa shape index (κ1) is 55.6. The van der Waals surface area contributed by atoms with Gasteiger partial charge in [0.15, 0.2) is 0 Å². The summed E-state index contributed by atoms with van der Waals surface area (Å²) in [5.41, 5.74) is 0.937. The van der Waals surface area contributed by atoms with Crippen molar-refractivity contribution in [2.45, 2.75) is 116 Å². The first-order valence-corrected chi connectivity index (χ1v) is 23.0. The zero-order valence-electron chi connectivity index (χ0n) is 37.4. The van der Waals surface area contributed by atoms with Crippen molar-refractivity contribution in [3.8, 4) is 0 Å². The van der Waals surface area contributed by atoms with Gasteiger partial charge in [-0.05, 0) is 12.0 Å².